The number of allylic oxidation sites excluding steroid dienone is 1. The lowest BCUT2D eigenvalue weighted by Crippen LogP contribution is -2.52. The highest BCUT2D eigenvalue weighted by molar-refractivity contribution is 5.76. The van der Waals surface area contributed by atoms with Gasteiger partial charge < -0.3 is 5.11 Å². The van der Waals surface area contributed by atoms with Crippen molar-refractivity contribution >= 4 is 6.21 Å². The standard InChI is InChI=1S/C17H21NO/c1-14(15-8-3-2-4-9-15)17(12-7-13-18-17)16(19)10-5-6-11-16/h2-4,7-9,12-14,19H,5-6,10-11H2,1H3. The number of hydrogen-bond donors (Lipinski definition) is 1. The van der Waals surface area contributed by atoms with Crippen LogP contribution in [0, 0.1) is 0 Å². The van der Waals surface area contributed by atoms with Gasteiger partial charge in [-0.15, -0.1) is 0 Å². The third-order valence-electron chi connectivity index (χ3n) is 4.86. The van der Waals surface area contributed by atoms with Crippen molar-refractivity contribution in [1.82, 2.24) is 0 Å². The molecule has 19 heavy (non-hydrogen) atoms. The van der Waals surface area contributed by atoms with Gasteiger partial charge in [-0.05, 0) is 24.5 Å². The normalized spacial score (nSPS) is 29.8. The molecule has 0 spiro atoms. The molecule has 0 bridgehead atoms. The predicted molar refractivity (Wildman–Crippen MR) is 78.6 cm³/mol. The zero-order valence-electron chi connectivity index (χ0n) is 11.4. The van der Waals surface area contributed by atoms with E-state index in [4.69, 9.17) is 4.99 Å². The first kappa shape index (κ1) is 12.6. The van der Waals surface area contributed by atoms with E-state index in [9.17, 15) is 5.11 Å². The third-order valence-corrected chi connectivity index (χ3v) is 4.86. The minimum Gasteiger partial charge on any atom is -0.387 e. The van der Waals surface area contributed by atoms with E-state index in [0.717, 1.165) is 25.7 Å². The van der Waals surface area contributed by atoms with Gasteiger partial charge in [-0.2, -0.15) is 0 Å². The Morgan fingerprint density at radius 3 is 2.42 bits per heavy atom. The number of rotatable bonds is 3. The molecule has 1 aliphatic heterocycles. The molecule has 2 aliphatic rings. The molecule has 1 aliphatic carbocycles. The second-order valence-corrected chi connectivity index (χ2v) is 5.83. The first-order valence-corrected chi connectivity index (χ1v) is 7.18. The van der Waals surface area contributed by atoms with Crippen LogP contribution in [0.2, 0.25) is 0 Å². The molecular formula is C17H21NO. The monoisotopic (exact) mass is 255 g/mol. The maximum Gasteiger partial charge on any atom is 0.114 e. The average Bonchev–Trinajstić information content (AvgIpc) is 3.09. The molecule has 2 unspecified atom stereocenters. The Hall–Kier alpha value is -1.41. The van der Waals surface area contributed by atoms with Crippen molar-refractivity contribution in [2.45, 2.75) is 49.7 Å². The molecular weight excluding hydrogens is 234 g/mol. The van der Waals surface area contributed by atoms with Gasteiger partial charge in [0, 0.05) is 12.1 Å². The van der Waals surface area contributed by atoms with Gasteiger partial charge in [-0.25, -0.2) is 0 Å². The lowest BCUT2D eigenvalue weighted by atomic mass is 9.69. The first-order valence-electron chi connectivity index (χ1n) is 7.18. The minimum absolute atomic E-state index is 0.187. The molecule has 2 atom stereocenters. The van der Waals surface area contributed by atoms with E-state index in [2.05, 4.69) is 37.3 Å². The number of aliphatic hydroxyl groups is 1. The molecule has 100 valence electrons. The van der Waals surface area contributed by atoms with Crippen LogP contribution in [0.3, 0.4) is 0 Å². The molecule has 2 nitrogen and oxygen atoms in total. The van der Waals surface area contributed by atoms with Gasteiger partial charge in [-0.1, -0.05) is 56.2 Å². The molecule has 1 heterocycles. The summed E-state index contributed by atoms with van der Waals surface area (Å²) in [6.45, 7) is 2.18. The summed E-state index contributed by atoms with van der Waals surface area (Å²) in [5.41, 5.74) is 0.0721. The number of benzene rings is 1. The average molecular weight is 255 g/mol. The largest absolute Gasteiger partial charge is 0.387 e. The molecule has 1 fully saturated rings. The number of hydrogen-bond acceptors (Lipinski definition) is 2. The van der Waals surface area contributed by atoms with E-state index in [-0.39, 0.29) is 5.92 Å². The summed E-state index contributed by atoms with van der Waals surface area (Å²) in [7, 11) is 0. The van der Waals surface area contributed by atoms with Gasteiger partial charge in [0.25, 0.3) is 0 Å². The predicted octanol–water partition coefficient (Wildman–Crippen LogP) is 3.47. The molecule has 1 N–H and O–H groups in total. The highest BCUT2D eigenvalue weighted by Crippen LogP contribution is 2.49. The van der Waals surface area contributed by atoms with E-state index in [1.165, 1.54) is 5.56 Å². The first-order chi connectivity index (χ1) is 9.18. The molecule has 1 aromatic rings. The Morgan fingerprint density at radius 1 is 1.16 bits per heavy atom. The van der Waals surface area contributed by atoms with Crippen molar-refractivity contribution < 1.29 is 5.11 Å². The lowest BCUT2D eigenvalue weighted by molar-refractivity contribution is -0.0165. The van der Waals surface area contributed by atoms with Crippen molar-refractivity contribution in [2.24, 2.45) is 4.99 Å². The number of aliphatic imine (C=N–C) groups is 1. The van der Waals surface area contributed by atoms with Crippen LogP contribution in [0.25, 0.3) is 0 Å². The molecule has 1 saturated carbocycles. The van der Waals surface area contributed by atoms with Gasteiger partial charge in [0.05, 0.1) is 5.60 Å². The van der Waals surface area contributed by atoms with Crippen LogP contribution in [0.4, 0.5) is 0 Å². The van der Waals surface area contributed by atoms with Gasteiger partial charge in [-0.3, -0.25) is 4.99 Å². The van der Waals surface area contributed by atoms with Crippen molar-refractivity contribution in [2.75, 3.05) is 0 Å². The van der Waals surface area contributed by atoms with E-state index < -0.39 is 11.1 Å². The molecule has 3 rings (SSSR count). The van der Waals surface area contributed by atoms with Crippen molar-refractivity contribution in [1.29, 1.82) is 0 Å². The highest BCUT2D eigenvalue weighted by atomic mass is 16.3. The van der Waals surface area contributed by atoms with E-state index in [1.54, 1.807) is 0 Å². The summed E-state index contributed by atoms with van der Waals surface area (Å²) < 4.78 is 0. The molecule has 1 aromatic carbocycles. The van der Waals surface area contributed by atoms with Crippen molar-refractivity contribution in [3.05, 3.63) is 48.0 Å². The molecule has 0 saturated heterocycles. The smallest absolute Gasteiger partial charge is 0.114 e. The summed E-state index contributed by atoms with van der Waals surface area (Å²) in [6.07, 6.45) is 9.84. The molecule has 0 radical (unpaired) electrons. The van der Waals surface area contributed by atoms with E-state index in [1.807, 2.05) is 18.4 Å². The maximum absolute atomic E-state index is 11.1. The molecule has 0 amide bonds. The summed E-state index contributed by atoms with van der Waals surface area (Å²) in [6, 6.07) is 10.4. The van der Waals surface area contributed by atoms with Gasteiger partial charge >= 0.3 is 0 Å². The van der Waals surface area contributed by atoms with Gasteiger partial charge in [0.15, 0.2) is 0 Å². The highest BCUT2D eigenvalue weighted by Gasteiger charge is 2.54. The third kappa shape index (κ3) is 1.86. The van der Waals surface area contributed by atoms with Crippen LogP contribution in [0.5, 0.6) is 0 Å². The summed E-state index contributed by atoms with van der Waals surface area (Å²) in [4.78, 5) is 4.71. The molecule has 2 heteroatoms. The van der Waals surface area contributed by atoms with Crippen LogP contribution in [-0.4, -0.2) is 22.5 Å². The van der Waals surface area contributed by atoms with Crippen LogP contribution in [-0.2, 0) is 0 Å². The Balaban J connectivity index is 2.02. The lowest BCUT2D eigenvalue weighted by Gasteiger charge is -2.43. The Bertz CT molecular complexity index is 485. The van der Waals surface area contributed by atoms with E-state index in [0.29, 0.717) is 0 Å². The van der Waals surface area contributed by atoms with Crippen LogP contribution >= 0.6 is 0 Å². The summed E-state index contributed by atoms with van der Waals surface area (Å²) in [5, 5.41) is 11.1. The summed E-state index contributed by atoms with van der Waals surface area (Å²) in [5.74, 6) is 0.187. The van der Waals surface area contributed by atoms with Gasteiger partial charge in [0.1, 0.15) is 5.54 Å². The van der Waals surface area contributed by atoms with Crippen molar-refractivity contribution in [3.8, 4) is 0 Å². The van der Waals surface area contributed by atoms with Crippen LogP contribution < -0.4 is 0 Å². The number of nitrogens with zero attached hydrogens (tertiary/aromatic N) is 1. The summed E-state index contributed by atoms with van der Waals surface area (Å²) >= 11 is 0. The fourth-order valence-electron chi connectivity index (χ4n) is 3.69. The minimum atomic E-state index is -0.689. The fourth-order valence-corrected chi connectivity index (χ4v) is 3.69. The Kier molecular flexibility index (Phi) is 3.06. The van der Waals surface area contributed by atoms with Gasteiger partial charge in [0.2, 0.25) is 0 Å². The zero-order chi connectivity index (χ0) is 13.3. The quantitative estimate of drug-likeness (QED) is 0.881. The maximum atomic E-state index is 11.1. The van der Waals surface area contributed by atoms with Crippen molar-refractivity contribution in [3.63, 3.8) is 0 Å². The van der Waals surface area contributed by atoms with Crippen LogP contribution in [0.1, 0.15) is 44.1 Å². The second kappa shape index (κ2) is 4.61. The Morgan fingerprint density at radius 2 is 1.84 bits per heavy atom. The Labute approximate surface area is 114 Å². The van der Waals surface area contributed by atoms with E-state index >= 15 is 0 Å². The SMILES string of the molecule is CC(c1ccccc1)C1(C2(O)CCCC2)C=CC=N1. The van der Waals surface area contributed by atoms with Crippen LogP contribution in [0.15, 0.2) is 47.5 Å². The second-order valence-electron chi connectivity index (χ2n) is 5.83. The molecule has 0 aromatic heterocycles. The fraction of sp³-hybridized carbons (Fsp3) is 0.471. The topological polar surface area (TPSA) is 32.6 Å². The zero-order valence-corrected chi connectivity index (χ0v) is 11.4.